The van der Waals surface area contributed by atoms with E-state index in [1.165, 1.54) is 30.3 Å². The number of sulfonamides is 1. The Morgan fingerprint density at radius 3 is 2.52 bits per heavy atom. The quantitative estimate of drug-likeness (QED) is 0.848. The number of hydrogen-bond donors (Lipinski definition) is 2. The standard InChI is InChI=1S/C13H9ClFN3O2S/c14-10-3-2-9(6-11(10)15)18-21(19,20)13-4-1-8(7-16)5-12(13)17/h1-6,18H,17H2. The topological polar surface area (TPSA) is 96.0 Å². The highest BCUT2D eigenvalue weighted by molar-refractivity contribution is 7.92. The first-order valence-corrected chi connectivity index (χ1v) is 7.47. The highest BCUT2D eigenvalue weighted by Gasteiger charge is 2.18. The molecule has 0 unspecified atom stereocenters. The van der Waals surface area contributed by atoms with Crippen LogP contribution in [0.3, 0.4) is 0 Å². The summed E-state index contributed by atoms with van der Waals surface area (Å²) in [6, 6.07) is 9.15. The van der Waals surface area contributed by atoms with Gasteiger partial charge in [0.25, 0.3) is 10.0 Å². The van der Waals surface area contributed by atoms with Crippen LogP contribution in [0.4, 0.5) is 15.8 Å². The molecule has 2 rings (SSSR count). The van der Waals surface area contributed by atoms with E-state index < -0.39 is 15.8 Å². The third-order valence-corrected chi connectivity index (χ3v) is 4.36. The van der Waals surface area contributed by atoms with Crippen LogP contribution in [0.1, 0.15) is 5.56 Å². The van der Waals surface area contributed by atoms with E-state index in [1.54, 1.807) is 0 Å². The van der Waals surface area contributed by atoms with Gasteiger partial charge in [-0.2, -0.15) is 5.26 Å². The number of hydrogen-bond acceptors (Lipinski definition) is 4. The maximum Gasteiger partial charge on any atom is 0.263 e. The summed E-state index contributed by atoms with van der Waals surface area (Å²) in [7, 11) is -3.99. The third kappa shape index (κ3) is 3.24. The minimum Gasteiger partial charge on any atom is -0.398 e. The Hall–Kier alpha value is -2.30. The zero-order valence-electron chi connectivity index (χ0n) is 10.5. The smallest absolute Gasteiger partial charge is 0.263 e. The van der Waals surface area contributed by atoms with Crippen molar-refractivity contribution in [3.63, 3.8) is 0 Å². The van der Waals surface area contributed by atoms with E-state index in [1.807, 2.05) is 6.07 Å². The van der Waals surface area contributed by atoms with Crippen molar-refractivity contribution in [3.05, 3.63) is 52.8 Å². The SMILES string of the molecule is N#Cc1ccc(S(=O)(=O)Nc2ccc(Cl)c(F)c2)c(N)c1. The molecule has 5 nitrogen and oxygen atoms in total. The molecule has 0 bridgehead atoms. The summed E-state index contributed by atoms with van der Waals surface area (Å²) in [6.45, 7) is 0. The molecule has 21 heavy (non-hydrogen) atoms. The number of nitriles is 1. The first-order valence-electron chi connectivity index (χ1n) is 5.61. The molecule has 2 aromatic carbocycles. The predicted molar refractivity (Wildman–Crippen MR) is 77.8 cm³/mol. The van der Waals surface area contributed by atoms with Crippen LogP contribution in [0.2, 0.25) is 5.02 Å². The van der Waals surface area contributed by atoms with Gasteiger partial charge in [0, 0.05) is 0 Å². The highest BCUT2D eigenvalue weighted by atomic mass is 35.5. The lowest BCUT2D eigenvalue weighted by Gasteiger charge is -2.10. The molecule has 0 aliphatic carbocycles. The molecule has 0 aromatic heterocycles. The maximum absolute atomic E-state index is 13.3. The number of benzene rings is 2. The largest absolute Gasteiger partial charge is 0.398 e. The van der Waals surface area contributed by atoms with Gasteiger partial charge < -0.3 is 5.73 Å². The molecule has 0 saturated carbocycles. The van der Waals surface area contributed by atoms with E-state index in [-0.39, 0.29) is 26.9 Å². The third-order valence-electron chi connectivity index (χ3n) is 2.60. The van der Waals surface area contributed by atoms with Crippen LogP contribution < -0.4 is 10.5 Å². The minimum absolute atomic E-state index is 0.0145. The number of nitrogens with two attached hydrogens (primary N) is 1. The fraction of sp³-hybridized carbons (Fsp3) is 0. The molecule has 0 aliphatic rings. The fourth-order valence-electron chi connectivity index (χ4n) is 1.63. The van der Waals surface area contributed by atoms with Crippen LogP contribution >= 0.6 is 11.6 Å². The maximum atomic E-state index is 13.3. The van der Waals surface area contributed by atoms with Gasteiger partial charge in [0.05, 0.1) is 28.0 Å². The van der Waals surface area contributed by atoms with Gasteiger partial charge in [0.15, 0.2) is 0 Å². The summed E-state index contributed by atoms with van der Waals surface area (Å²) in [6.07, 6.45) is 0. The fourth-order valence-corrected chi connectivity index (χ4v) is 2.91. The summed E-state index contributed by atoms with van der Waals surface area (Å²) < 4.78 is 39.9. The van der Waals surface area contributed by atoms with Gasteiger partial charge in [0.1, 0.15) is 10.7 Å². The number of nitrogen functional groups attached to an aromatic ring is 1. The van der Waals surface area contributed by atoms with Crippen LogP contribution in [0, 0.1) is 17.1 Å². The lowest BCUT2D eigenvalue weighted by atomic mass is 10.2. The summed E-state index contributed by atoms with van der Waals surface area (Å²) in [5, 5.41) is 8.61. The van der Waals surface area contributed by atoms with E-state index in [9.17, 15) is 12.8 Å². The molecule has 3 N–H and O–H groups in total. The summed E-state index contributed by atoms with van der Waals surface area (Å²) in [5.41, 5.74) is 5.81. The van der Waals surface area contributed by atoms with Crippen molar-refractivity contribution in [2.24, 2.45) is 0 Å². The number of nitrogens with zero attached hydrogens (tertiary/aromatic N) is 1. The summed E-state index contributed by atoms with van der Waals surface area (Å²) in [5.74, 6) is -0.746. The first kappa shape index (κ1) is 15.1. The monoisotopic (exact) mass is 325 g/mol. The second-order valence-electron chi connectivity index (χ2n) is 4.10. The van der Waals surface area contributed by atoms with Crippen LogP contribution in [-0.4, -0.2) is 8.42 Å². The minimum atomic E-state index is -3.99. The van der Waals surface area contributed by atoms with E-state index in [0.717, 1.165) is 6.07 Å². The van der Waals surface area contributed by atoms with Gasteiger partial charge >= 0.3 is 0 Å². The van der Waals surface area contributed by atoms with Crippen molar-refractivity contribution in [1.29, 1.82) is 5.26 Å². The Labute approximate surface area is 125 Å². The van der Waals surface area contributed by atoms with Crippen LogP contribution in [0.25, 0.3) is 0 Å². The van der Waals surface area contributed by atoms with E-state index in [0.29, 0.717) is 0 Å². The Morgan fingerprint density at radius 1 is 1.24 bits per heavy atom. The van der Waals surface area contributed by atoms with Crippen molar-refractivity contribution in [2.75, 3.05) is 10.5 Å². The molecule has 0 fully saturated rings. The molecule has 0 saturated heterocycles. The highest BCUT2D eigenvalue weighted by Crippen LogP contribution is 2.24. The number of nitrogens with one attached hydrogen (secondary N) is 1. The van der Waals surface area contributed by atoms with Crippen molar-refractivity contribution >= 4 is 33.0 Å². The zero-order valence-corrected chi connectivity index (χ0v) is 12.0. The van der Waals surface area contributed by atoms with Gasteiger partial charge in [-0.1, -0.05) is 11.6 Å². The lowest BCUT2D eigenvalue weighted by molar-refractivity contribution is 0.601. The van der Waals surface area contributed by atoms with E-state index in [2.05, 4.69) is 4.72 Å². The Kier molecular flexibility index (Phi) is 4.02. The molecule has 0 aliphatic heterocycles. The number of rotatable bonds is 3. The molecule has 0 radical (unpaired) electrons. The average molecular weight is 326 g/mol. The van der Waals surface area contributed by atoms with Gasteiger partial charge in [-0.05, 0) is 36.4 Å². The molecule has 0 amide bonds. The second kappa shape index (κ2) is 5.60. The van der Waals surface area contributed by atoms with Crippen molar-refractivity contribution < 1.29 is 12.8 Å². The van der Waals surface area contributed by atoms with Crippen LogP contribution in [0.15, 0.2) is 41.3 Å². The average Bonchev–Trinajstić information content (AvgIpc) is 2.42. The van der Waals surface area contributed by atoms with Gasteiger partial charge in [-0.15, -0.1) is 0 Å². The molecule has 108 valence electrons. The molecular formula is C13H9ClFN3O2S. The van der Waals surface area contributed by atoms with Crippen molar-refractivity contribution in [1.82, 2.24) is 0 Å². The molecular weight excluding hydrogens is 317 g/mol. The summed E-state index contributed by atoms with van der Waals surface area (Å²) >= 11 is 5.52. The van der Waals surface area contributed by atoms with Gasteiger partial charge in [0.2, 0.25) is 0 Å². The van der Waals surface area contributed by atoms with Gasteiger partial charge in [-0.25, -0.2) is 12.8 Å². The summed E-state index contributed by atoms with van der Waals surface area (Å²) in [4.78, 5) is -0.197. The van der Waals surface area contributed by atoms with E-state index >= 15 is 0 Å². The van der Waals surface area contributed by atoms with Crippen molar-refractivity contribution in [3.8, 4) is 6.07 Å². The number of halogens is 2. The van der Waals surface area contributed by atoms with Crippen LogP contribution in [0.5, 0.6) is 0 Å². The molecule has 0 spiro atoms. The molecule has 2 aromatic rings. The lowest BCUT2D eigenvalue weighted by Crippen LogP contribution is -2.15. The Bertz CT molecular complexity index is 847. The Morgan fingerprint density at radius 2 is 1.95 bits per heavy atom. The second-order valence-corrected chi connectivity index (χ2v) is 6.16. The molecule has 8 heteroatoms. The zero-order chi connectivity index (χ0) is 15.6. The van der Waals surface area contributed by atoms with E-state index in [4.69, 9.17) is 22.6 Å². The molecule has 0 atom stereocenters. The Balaban J connectivity index is 2.38. The van der Waals surface area contributed by atoms with Gasteiger partial charge in [-0.3, -0.25) is 4.72 Å². The first-order chi connectivity index (χ1) is 9.83. The van der Waals surface area contributed by atoms with Crippen LogP contribution in [-0.2, 0) is 10.0 Å². The normalized spacial score (nSPS) is 10.9. The molecule has 0 heterocycles. The number of anilines is 2. The predicted octanol–water partition coefficient (Wildman–Crippen LogP) is 2.73. The van der Waals surface area contributed by atoms with Crippen molar-refractivity contribution in [2.45, 2.75) is 4.90 Å².